The zero-order valence-corrected chi connectivity index (χ0v) is 9.14. The molecule has 0 unspecified atom stereocenters. The van der Waals surface area contributed by atoms with Crippen LogP contribution in [0.2, 0.25) is 0 Å². The van der Waals surface area contributed by atoms with Crippen molar-refractivity contribution < 1.29 is 14.7 Å². The highest BCUT2D eigenvalue weighted by Gasteiger charge is 2.13. The molecule has 4 nitrogen and oxygen atoms in total. The lowest BCUT2D eigenvalue weighted by Crippen LogP contribution is -2.32. The molecule has 0 aromatic rings. The van der Waals surface area contributed by atoms with E-state index in [0.29, 0.717) is 13.1 Å². The molecule has 14 heavy (non-hydrogen) atoms. The molecule has 0 atom stereocenters. The van der Waals surface area contributed by atoms with E-state index in [0.717, 1.165) is 23.7 Å². The van der Waals surface area contributed by atoms with Gasteiger partial charge in [0.05, 0.1) is 0 Å². The van der Waals surface area contributed by atoms with Gasteiger partial charge in [0.15, 0.2) is 0 Å². The quantitative estimate of drug-likeness (QED) is 0.566. The highest BCUT2D eigenvalue weighted by Crippen LogP contribution is 2.23. The molecule has 0 spiro atoms. The lowest BCUT2D eigenvalue weighted by Gasteiger charge is -2.16. The van der Waals surface area contributed by atoms with Crippen molar-refractivity contribution in [3.05, 3.63) is 12.2 Å². The van der Waals surface area contributed by atoms with Crippen molar-refractivity contribution in [1.29, 1.82) is 0 Å². The molecule has 0 aliphatic carbocycles. The molecular formula is C8H11NO3S2. The average Bonchev–Trinajstić information content (AvgIpc) is 2.42. The fraction of sp³-hybridized carbons (Fsp3) is 0.500. The van der Waals surface area contributed by atoms with Crippen molar-refractivity contribution in [3.63, 3.8) is 0 Å². The first kappa shape index (κ1) is 11.5. The monoisotopic (exact) mass is 233 g/mol. The Labute approximate surface area is 90.1 Å². The summed E-state index contributed by atoms with van der Waals surface area (Å²) in [7, 11) is 3.49. The fourth-order valence-electron chi connectivity index (χ4n) is 0.993. The van der Waals surface area contributed by atoms with Crippen LogP contribution in [0.25, 0.3) is 0 Å². The van der Waals surface area contributed by atoms with Crippen molar-refractivity contribution in [3.8, 4) is 0 Å². The molecule has 1 saturated heterocycles. The van der Waals surface area contributed by atoms with Gasteiger partial charge in [0.25, 0.3) is 0 Å². The van der Waals surface area contributed by atoms with Gasteiger partial charge in [0.1, 0.15) is 0 Å². The fourth-order valence-corrected chi connectivity index (χ4v) is 2.97. The maximum atomic E-state index is 11.4. The molecule has 1 aliphatic heterocycles. The van der Waals surface area contributed by atoms with E-state index < -0.39 is 5.97 Å². The summed E-state index contributed by atoms with van der Waals surface area (Å²) in [5.41, 5.74) is 0. The molecule has 1 rings (SSSR count). The van der Waals surface area contributed by atoms with Crippen LogP contribution in [0.15, 0.2) is 12.2 Å². The number of aliphatic carboxylic acids is 1. The largest absolute Gasteiger partial charge is 0.478 e. The number of carboxylic acids is 1. The predicted octanol–water partition coefficient (Wildman–Crippen LogP) is 0.851. The minimum Gasteiger partial charge on any atom is -0.478 e. The van der Waals surface area contributed by atoms with E-state index in [1.54, 1.807) is 26.5 Å². The van der Waals surface area contributed by atoms with Gasteiger partial charge in [-0.05, 0) is 0 Å². The van der Waals surface area contributed by atoms with Crippen molar-refractivity contribution in [1.82, 2.24) is 4.90 Å². The molecular weight excluding hydrogens is 222 g/mol. The molecule has 0 aromatic carbocycles. The minimum atomic E-state index is -1.09. The van der Waals surface area contributed by atoms with Crippen LogP contribution in [0.5, 0.6) is 0 Å². The summed E-state index contributed by atoms with van der Waals surface area (Å²) in [4.78, 5) is 23.3. The molecule has 0 aromatic heterocycles. The number of carboxylic acid groups (broad SMARTS) is 1. The third-order valence-electron chi connectivity index (χ3n) is 1.65. The van der Waals surface area contributed by atoms with Gasteiger partial charge in [-0.3, -0.25) is 4.79 Å². The standard InChI is InChI=1S/C8H11NO3S2/c10-7(1-2-8(11)12)9-3-5-13-14-6-4-9/h1-2H,3-6H2,(H,11,12)/b2-1-. The maximum Gasteiger partial charge on any atom is 0.328 e. The van der Waals surface area contributed by atoms with Gasteiger partial charge in [-0.2, -0.15) is 0 Å². The molecule has 1 N–H and O–H groups in total. The lowest BCUT2D eigenvalue weighted by atomic mass is 10.4. The Morgan fingerprint density at radius 2 is 1.71 bits per heavy atom. The van der Waals surface area contributed by atoms with E-state index in [1.807, 2.05) is 0 Å². The van der Waals surface area contributed by atoms with Crippen LogP contribution in [0.1, 0.15) is 0 Å². The van der Waals surface area contributed by atoms with Crippen molar-refractivity contribution in [2.24, 2.45) is 0 Å². The molecule has 0 bridgehead atoms. The molecule has 0 saturated carbocycles. The predicted molar refractivity (Wildman–Crippen MR) is 58.3 cm³/mol. The molecule has 1 fully saturated rings. The molecule has 78 valence electrons. The number of nitrogens with zero attached hydrogens (tertiary/aromatic N) is 1. The third-order valence-corrected chi connectivity index (χ3v) is 4.02. The molecule has 6 heteroatoms. The number of hydrogen-bond acceptors (Lipinski definition) is 4. The summed E-state index contributed by atoms with van der Waals surface area (Å²) in [5.74, 6) is 0.502. The van der Waals surface area contributed by atoms with E-state index >= 15 is 0 Å². The van der Waals surface area contributed by atoms with Crippen LogP contribution < -0.4 is 0 Å². The van der Waals surface area contributed by atoms with E-state index in [4.69, 9.17) is 5.11 Å². The summed E-state index contributed by atoms with van der Waals surface area (Å²) in [5, 5.41) is 8.35. The van der Waals surface area contributed by atoms with Crippen molar-refractivity contribution in [2.45, 2.75) is 0 Å². The third kappa shape index (κ3) is 4.06. The van der Waals surface area contributed by atoms with E-state index in [9.17, 15) is 9.59 Å². The summed E-state index contributed by atoms with van der Waals surface area (Å²) in [6, 6.07) is 0. The summed E-state index contributed by atoms with van der Waals surface area (Å²) in [6.45, 7) is 1.39. The van der Waals surface area contributed by atoms with Crippen LogP contribution in [-0.2, 0) is 9.59 Å². The van der Waals surface area contributed by atoms with E-state index in [2.05, 4.69) is 0 Å². The average molecular weight is 233 g/mol. The normalized spacial score (nSPS) is 18.1. The Kier molecular flexibility index (Phi) is 4.89. The second-order valence-corrected chi connectivity index (χ2v) is 5.34. The van der Waals surface area contributed by atoms with Crippen LogP contribution in [0, 0.1) is 0 Å². The molecule has 1 heterocycles. The van der Waals surface area contributed by atoms with Crippen LogP contribution in [0.4, 0.5) is 0 Å². The number of carbonyl (C=O) groups is 2. The first-order valence-electron chi connectivity index (χ1n) is 4.14. The second-order valence-electron chi connectivity index (χ2n) is 2.64. The summed E-state index contributed by atoms with van der Waals surface area (Å²) >= 11 is 0. The van der Waals surface area contributed by atoms with Crippen LogP contribution in [0.3, 0.4) is 0 Å². The Morgan fingerprint density at radius 3 is 2.21 bits per heavy atom. The number of carbonyl (C=O) groups excluding carboxylic acids is 1. The first-order chi connectivity index (χ1) is 6.70. The summed E-state index contributed by atoms with van der Waals surface area (Å²) in [6.07, 6.45) is 2.00. The second kappa shape index (κ2) is 5.98. The number of rotatable bonds is 2. The zero-order valence-electron chi connectivity index (χ0n) is 7.51. The Hall–Kier alpha value is -0.620. The molecule has 1 amide bonds. The van der Waals surface area contributed by atoms with Gasteiger partial charge in [-0.25, -0.2) is 4.79 Å². The van der Waals surface area contributed by atoms with Crippen LogP contribution >= 0.6 is 21.6 Å². The molecule has 1 aliphatic rings. The number of hydrogen-bond donors (Lipinski definition) is 1. The van der Waals surface area contributed by atoms with E-state index in [1.165, 1.54) is 0 Å². The van der Waals surface area contributed by atoms with Crippen LogP contribution in [-0.4, -0.2) is 46.5 Å². The van der Waals surface area contributed by atoms with Gasteiger partial charge in [-0.15, -0.1) is 0 Å². The Balaban J connectivity index is 2.45. The Morgan fingerprint density at radius 1 is 1.14 bits per heavy atom. The van der Waals surface area contributed by atoms with Crippen molar-refractivity contribution >= 4 is 33.5 Å². The minimum absolute atomic E-state index is 0.212. The van der Waals surface area contributed by atoms with Gasteiger partial charge in [0.2, 0.25) is 5.91 Å². The first-order valence-corrected chi connectivity index (χ1v) is 6.63. The molecule has 0 radical (unpaired) electrons. The summed E-state index contributed by atoms with van der Waals surface area (Å²) < 4.78 is 0. The highest BCUT2D eigenvalue weighted by molar-refractivity contribution is 8.76. The van der Waals surface area contributed by atoms with Gasteiger partial charge in [-0.1, -0.05) is 21.6 Å². The van der Waals surface area contributed by atoms with Crippen molar-refractivity contribution in [2.75, 3.05) is 24.6 Å². The van der Waals surface area contributed by atoms with Gasteiger partial charge in [0, 0.05) is 36.7 Å². The highest BCUT2D eigenvalue weighted by atomic mass is 33.1. The SMILES string of the molecule is O=C(O)/C=C\C(=O)N1CCSSCC1. The lowest BCUT2D eigenvalue weighted by molar-refractivity contribution is -0.132. The van der Waals surface area contributed by atoms with Gasteiger partial charge < -0.3 is 10.0 Å². The topological polar surface area (TPSA) is 57.6 Å². The number of amides is 1. The Bertz CT molecular complexity index is 247. The zero-order chi connectivity index (χ0) is 10.4. The maximum absolute atomic E-state index is 11.4. The van der Waals surface area contributed by atoms with E-state index in [-0.39, 0.29) is 5.91 Å². The smallest absolute Gasteiger partial charge is 0.328 e. The van der Waals surface area contributed by atoms with Gasteiger partial charge >= 0.3 is 5.97 Å².